The molecule has 2 aromatic heterocycles. The maximum absolute atomic E-state index is 11.9. The highest BCUT2D eigenvalue weighted by atomic mass is 16.2. The number of hydrogen-bond donors (Lipinski definition) is 2. The molecule has 2 heterocycles. The van der Waals surface area contributed by atoms with Gasteiger partial charge in [0.1, 0.15) is 5.56 Å². The Kier molecular flexibility index (Phi) is 3.86. The van der Waals surface area contributed by atoms with Crippen molar-refractivity contribution in [2.75, 3.05) is 6.54 Å². The number of pyridine rings is 1. The Balaban J connectivity index is 1.64. The number of aryl methyl sites for hydroxylation is 2. The lowest BCUT2D eigenvalue weighted by atomic mass is 10.2. The molecule has 0 spiro atoms. The van der Waals surface area contributed by atoms with E-state index in [9.17, 15) is 14.4 Å². The van der Waals surface area contributed by atoms with Crippen molar-refractivity contribution in [1.29, 1.82) is 0 Å². The largest absolute Gasteiger partial charge is 0.350 e. The molecule has 2 N–H and O–H groups in total. The average Bonchev–Trinajstić information content (AvgIpc) is 2.94. The number of nitrogens with one attached hydrogen (secondary N) is 2. The molecule has 0 fully saturated rings. The maximum Gasteiger partial charge on any atom is 0.267 e. The van der Waals surface area contributed by atoms with Crippen molar-refractivity contribution in [2.24, 2.45) is 0 Å². The van der Waals surface area contributed by atoms with Crippen molar-refractivity contribution < 1.29 is 4.79 Å². The summed E-state index contributed by atoms with van der Waals surface area (Å²) in [5.41, 5.74) is 1.45. The average molecular weight is 300 g/mol. The van der Waals surface area contributed by atoms with Crippen LogP contribution in [0.4, 0.5) is 0 Å². The van der Waals surface area contributed by atoms with Gasteiger partial charge in [-0.1, -0.05) is 0 Å². The van der Waals surface area contributed by atoms with Crippen molar-refractivity contribution in [1.82, 2.24) is 20.1 Å². The van der Waals surface area contributed by atoms with Gasteiger partial charge in [-0.05, 0) is 37.0 Å². The maximum atomic E-state index is 11.9. The van der Waals surface area contributed by atoms with E-state index in [2.05, 4.69) is 15.4 Å². The summed E-state index contributed by atoms with van der Waals surface area (Å²) in [6.45, 7) is 0.515. The third kappa shape index (κ3) is 2.83. The van der Waals surface area contributed by atoms with Gasteiger partial charge in [0.2, 0.25) is 0 Å². The van der Waals surface area contributed by atoms with Crippen molar-refractivity contribution in [2.45, 2.75) is 25.8 Å². The van der Waals surface area contributed by atoms with Crippen LogP contribution in [0.15, 0.2) is 34.0 Å². The second-order valence-corrected chi connectivity index (χ2v) is 5.20. The van der Waals surface area contributed by atoms with Crippen LogP contribution in [-0.4, -0.2) is 27.2 Å². The number of fused-ring (bicyclic) bond motifs is 1. The Morgan fingerprint density at radius 2 is 2.23 bits per heavy atom. The van der Waals surface area contributed by atoms with Gasteiger partial charge < -0.3 is 10.3 Å². The first-order valence-corrected chi connectivity index (χ1v) is 7.21. The highest BCUT2D eigenvalue weighted by Crippen LogP contribution is 2.16. The van der Waals surface area contributed by atoms with Gasteiger partial charge in [-0.2, -0.15) is 5.10 Å². The fourth-order valence-corrected chi connectivity index (χ4v) is 2.57. The first kappa shape index (κ1) is 14.2. The number of carbonyl (C=O) groups excluding carboxylic acids is 1. The zero-order valence-corrected chi connectivity index (χ0v) is 12.0. The van der Waals surface area contributed by atoms with E-state index in [1.807, 2.05) is 0 Å². The van der Waals surface area contributed by atoms with Gasteiger partial charge in [-0.25, -0.2) is 4.68 Å². The first-order chi connectivity index (χ1) is 10.6. The Morgan fingerprint density at radius 3 is 3.05 bits per heavy atom. The first-order valence-electron chi connectivity index (χ1n) is 7.21. The summed E-state index contributed by atoms with van der Waals surface area (Å²) in [7, 11) is 0. The minimum atomic E-state index is -0.462. The monoisotopic (exact) mass is 300 g/mol. The van der Waals surface area contributed by atoms with Crippen molar-refractivity contribution >= 4 is 5.91 Å². The molecule has 2 aromatic rings. The molecule has 22 heavy (non-hydrogen) atoms. The number of amides is 1. The van der Waals surface area contributed by atoms with Gasteiger partial charge >= 0.3 is 0 Å². The van der Waals surface area contributed by atoms with Gasteiger partial charge in [-0.3, -0.25) is 14.4 Å². The highest BCUT2D eigenvalue weighted by Gasteiger charge is 2.15. The van der Waals surface area contributed by atoms with Crippen LogP contribution in [0.25, 0.3) is 0 Å². The normalized spacial score (nSPS) is 12.9. The lowest BCUT2D eigenvalue weighted by Gasteiger charge is -2.08. The Morgan fingerprint density at radius 1 is 1.36 bits per heavy atom. The van der Waals surface area contributed by atoms with E-state index < -0.39 is 11.5 Å². The van der Waals surface area contributed by atoms with Gasteiger partial charge in [0.25, 0.3) is 17.0 Å². The molecule has 114 valence electrons. The molecule has 1 aliphatic rings. The zero-order chi connectivity index (χ0) is 15.5. The lowest BCUT2D eigenvalue weighted by Crippen LogP contribution is -2.34. The van der Waals surface area contributed by atoms with Crippen molar-refractivity contribution in [3.05, 3.63) is 61.9 Å². The molecule has 0 atom stereocenters. The van der Waals surface area contributed by atoms with Gasteiger partial charge in [-0.15, -0.1) is 0 Å². The van der Waals surface area contributed by atoms with Crippen LogP contribution in [0.5, 0.6) is 0 Å². The van der Waals surface area contributed by atoms with E-state index in [1.54, 1.807) is 12.1 Å². The molecule has 0 bridgehead atoms. The summed E-state index contributed by atoms with van der Waals surface area (Å²) in [6.07, 6.45) is 4.29. The number of aromatic nitrogens is 3. The minimum absolute atomic E-state index is 0.0526. The number of hydrogen-bond acceptors (Lipinski definition) is 4. The van der Waals surface area contributed by atoms with Crippen LogP contribution in [0.1, 0.15) is 28.0 Å². The molecule has 7 heteroatoms. The number of carbonyl (C=O) groups is 1. The van der Waals surface area contributed by atoms with Gasteiger partial charge in [0.15, 0.2) is 0 Å². The van der Waals surface area contributed by atoms with E-state index in [0.717, 1.165) is 30.5 Å². The summed E-state index contributed by atoms with van der Waals surface area (Å²) >= 11 is 0. The molecule has 1 amide bonds. The predicted molar refractivity (Wildman–Crippen MR) is 79.9 cm³/mol. The van der Waals surface area contributed by atoms with Crippen LogP contribution in [0.3, 0.4) is 0 Å². The molecule has 7 nitrogen and oxygen atoms in total. The topological polar surface area (TPSA) is 96.8 Å². The fraction of sp³-hybridized carbons (Fsp3) is 0.333. The molecule has 0 saturated carbocycles. The lowest BCUT2D eigenvalue weighted by molar-refractivity contribution is 0.0950. The minimum Gasteiger partial charge on any atom is -0.350 e. The Bertz CT molecular complexity index is 822. The summed E-state index contributed by atoms with van der Waals surface area (Å²) in [5.74, 6) is -0.462. The third-order valence-electron chi connectivity index (χ3n) is 3.70. The van der Waals surface area contributed by atoms with Gasteiger partial charge in [0.05, 0.1) is 12.2 Å². The Hall–Kier alpha value is -2.70. The van der Waals surface area contributed by atoms with Crippen LogP contribution in [-0.2, 0) is 19.4 Å². The summed E-state index contributed by atoms with van der Waals surface area (Å²) in [5, 5.41) is 6.95. The molecular weight excluding hydrogens is 284 g/mol. The predicted octanol–water partition coefficient (Wildman–Crippen LogP) is -0.150. The van der Waals surface area contributed by atoms with Crippen molar-refractivity contribution in [3.63, 3.8) is 0 Å². The Labute approximate surface area is 126 Å². The van der Waals surface area contributed by atoms with Gasteiger partial charge in [0, 0.05) is 18.8 Å². The molecule has 3 rings (SSSR count). The molecular formula is C15H16N4O3. The van der Waals surface area contributed by atoms with Crippen LogP contribution in [0.2, 0.25) is 0 Å². The number of nitrogens with zero attached hydrogens (tertiary/aromatic N) is 2. The molecule has 0 aliphatic heterocycles. The molecule has 0 saturated heterocycles. The molecule has 0 unspecified atom stereocenters. The SMILES string of the molecule is O=C(NCCn1nc2c(cc1=O)CCC2)c1ccc[nH]c1=O. The van der Waals surface area contributed by atoms with E-state index in [1.165, 1.54) is 16.9 Å². The smallest absolute Gasteiger partial charge is 0.267 e. The van der Waals surface area contributed by atoms with Crippen LogP contribution >= 0.6 is 0 Å². The fourth-order valence-electron chi connectivity index (χ4n) is 2.57. The second-order valence-electron chi connectivity index (χ2n) is 5.20. The molecule has 0 radical (unpaired) electrons. The summed E-state index contributed by atoms with van der Waals surface area (Å²) in [6, 6.07) is 4.66. The van der Waals surface area contributed by atoms with Crippen LogP contribution < -0.4 is 16.4 Å². The van der Waals surface area contributed by atoms with Crippen molar-refractivity contribution in [3.8, 4) is 0 Å². The molecule has 0 aromatic carbocycles. The van der Waals surface area contributed by atoms with E-state index >= 15 is 0 Å². The van der Waals surface area contributed by atoms with E-state index in [-0.39, 0.29) is 24.2 Å². The van der Waals surface area contributed by atoms with E-state index in [0.29, 0.717) is 0 Å². The molecule has 1 aliphatic carbocycles. The van der Waals surface area contributed by atoms with E-state index in [4.69, 9.17) is 0 Å². The third-order valence-corrected chi connectivity index (χ3v) is 3.70. The summed E-state index contributed by atoms with van der Waals surface area (Å²) < 4.78 is 1.36. The standard InChI is InChI=1S/C15H16N4O3/c20-13-9-10-3-1-5-12(10)18-19(13)8-7-17-15(22)11-4-2-6-16-14(11)21/h2,4,6,9H,1,3,5,7-8H2,(H,16,21)(H,17,22). The van der Waals surface area contributed by atoms with Crippen LogP contribution in [0, 0.1) is 0 Å². The number of H-pyrrole nitrogens is 1. The summed E-state index contributed by atoms with van der Waals surface area (Å²) in [4.78, 5) is 37.7. The highest BCUT2D eigenvalue weighted by molar-refractivity contribution is 5.93. The number of aromatic amines is 1. The number of rotatable bonds is 4. The second kappa shape index (κ2) is 5.97. The zero-order valence-electron chi connectivity index (χ0n) is 12.0. The quantitative estimate of drug-likeness (QED) is 0.820.